The molecule has 0 aliphatic rings. The van der Waals surface area contributed by atoms with Gasteiger partial charge in [0.05, 0.1) is 0 Å². The Morgan fingerprint density at radius 2 is 2.17 bits per heavy atom. The molecule has 0 radical (unpaired) electrons. The first-order valence-electron chi connectivity index (χ1n) is 3.43. The van der Waals surface area contributed by atoms with Crippen molar-refractivity contribution in [2.75, 3.05) is 12.0 Å². The molecule has 0 amide bonds. The van der Waals surface area contributed by atoms with E-state index >= 15 is 0 Å². The Morgan fingerprint density at radius 1 is 1.50 bits per heavy atom. The third-order valence-corrected chi connectivity index (χ3v) is 2.31. The van der Waals surface area contributed by atoms with Crippen LogP contribution in [0.25, 0.3) is 0 Å². The Labute approximate surface area is 79.2 Å². The van der Waals surface area contributed by atoms with Crippen LogP contribution in [0.5, 0.6) is 0 Å². The number of nitrogen functional groups attached to an aromatic ring is 1. The Morgan fingerprint density at radius 3 is 2.67 bits per heavy atom. The van der Waals surface area contributed by atoms with Gasteiger partial charge in [-0.3, -0.25) is 4.21 Å². The molecule has 2 nitrogen and oxygen atoms in total. The molecule has 4 heteroatoms. The van der Waals surface area contributed by atoms with Gasteiger partial charge < -0.3 is 5.73 Å². The third kappa shape index (κ3) is 2.83. The SMILES string of the molecule is C[S@](=O)Cc1cc(N)cc(Cl)c1. The van der Waals surface area contributed by atoms with Crippen LogP contribution in [-0.4, -0.2) is 10.5 Å². The number of hydrogen-bond acceptors (Lipinski definition) is 2. The molecule has 0 aromatic heterocycles. The second kappa shape index (κ2) is 3.92. The third-order valence-electron chi connectivity index (χ3n) is 1.35. The van der Waals surface area contributed by atoms with Gasteiger partial charge >= 0.3 is 0 Å². The van der Waals surface area contributed by atoms with E-state index in [4.69, 9.17) is 17.3 Å². The lowest BCUT2D eigenvalue weighted by molar-refractivity contribution is 0.686. The van der Waals surface area contributed by atoms with E-state index in [1.807, 2.05) is 0 Å². The average molecular weight is 204 g/mol. The van der Waals surface area contributed by atoms with Crippen LogP contribution in [0.2, 0.25) is 5.02 Å². The Bertz CT molecular complexity index is 294. The molecule has 0 heterocycles. The molecule has 1 aromatic rings. The predicted octanol–water partition coefficient (Wildman–Crippen LogP) is 1.80. The van der Waals surface area contributed by atoms with Gasteiger partial charge in [0.1, 0.15) is 0 Å². The van der Waals surface area contributed by atoms with Crippen molar-refractivity contribution in [3.8, 4) is 0 Å². The highest BCUT2D eigenvalue weighted by molar-refractivity contribution is 7.83. The van der Waals surface area contributed by atoms with Gasteiger partial charge in [-0.05, 0) is 23.8 Å². The highest BCUT2D eigenvalue weighted by Crippen LogP contribution is 2.17. The second-order valence-electron chi connectivity index (χ2n) is 2.61. The second-order valence-corrected chi connectivity index (χ2v) is 4.48. The number of hydrogen-bond donors (Lipinski definition) is 1. The van der Waals surface area contributed by atoms with Gasteiger partial charge in [-0.2, -0.15) is 0 Å². The van der Waals surface area contributed by atoms with E-state index < -0.39 is 10.8 Å². The predicted molar refractivity (Wildman–Crippen MR) is 53.6 cm³/mol. The first-order chi connectivity index (χ1) is 5.58. The Balaban J connectivity index is 2.93. The summed E-state index contributed by atoms with van der Waals surface area (Å²) in [5.74, 6) is 0.505. The molecule has 0 saturated carbocycles. The molecule has 1 rings (SSSR count). The van der Waals surface area contributed by atoms with E-state index in [2.05, 4.69) is 0 Å². The number of anilines is 1. The number of halogens is 1. The van der Waals surface area contributed by atoms with Crippen LogP contribution in [0.4, 0.5) is 5.69 Å². The van der Waals surface area contributed by atoms with Crippen LogP contribution in [0.15, 0.2) is 18.2 Å². The lowest BCUT2D eigenvalue weighted by Crippen LogP contribution is -1.94. The van der Waals surface area contributed by atoms with Crippen molar-refractivity contribution in [1.29, 1.82) is 0 Å². The van der Waals surface area contributed by atoms with Crippen LogP contribution < -0.4 is 5.73 Å². The van der Waals surface area contributed by atoms with E-state index in [1.54, 1.807) is 24.5 Å². The number of benzene rings is 1. The van der Waals surface area contributed by atoms with Crippen molar-refractivity contribution in [3.05, 3.63) is 28.8 Å². The minimum Gasteiger partial charge on any atom is -0.399 e. The van der Waals surface area contributed by atoms with Crippen molar-refractivity contribution >= 4 is 28.1 Å². The summed E-state index contributed by atoms with van der Waals surface area (Å²) < 4.78 is 10.9. The normalized spacial score (nSPS) is 12.8. The van der Waals surface area contributed by atoms with E-state index in [-0.39, 0.29) is 0 Å². The average Bonchev–Trinajstić information content (AvgIpc) is 1.81. The van der Waals surface area contributed by atoms with Crippen molar-refractivity contribution in [3.63, 3.8) is 0 Å². The lowest BCUT2D eigenvalue weighted by Gasteiger charge is -2.00. The molecule has 0 aliphatic heterocycles. The van der Waals surface area contributed by atoms with Gasteiger partial charge in [-0.25, -0.2) is 0 Å². The zero-order chi connectivity index (χ0) is 9.14. The van der Waals surface area contributed by atoms with E-state index in [1.165, 1.54) is 0 Å². The van der Waals surface area contributed by atoms with Crippen LogP contribution in [0, 0.1) is 0 Å². The molecule has 1 atom stereocenters. The molecule has 66 valence electrons. The van der Waals surface area contributed by atoms with Crippen molar-refractivity contribution < 1.29 is 4.21 Å². The molecule has 1 aromatic carbocycles. The van der Waals surface area contributed by atoms with Crippen molar-refractivity contribution in [2.24, 2.45) is 0 Å². The van der Waals surface area contributed by atoms with Crippen LogP contribution in [-0.2, 0) is 16.6 Å². The fraction of sp³-hybridized carbons (Fsp3) is 0.250. The standard InChI is InChI=1S/C8H10ClNOS/c1-12(11)5-6-2-7(9)4-8(10)3-6/h2-4H,5,10H2,1H3/t12-/m0/s1. The molecule has 0 bridgehead atoms. The molecule has 0 saturated heterocycles. The minimum absolute atomic E-state index is 0.505. The highest BCUT2D eigenvalue weighted by Gasteiger charge is 1.99. The topological polar surface area (TPSA) is 43.1 Å². The molecule has 0 unspecified atom stereocenters. The monoisotopic (exact) mass is 203 g/mol. The van der Waals surface area contributed by atoms with Gasteiger partial charge in [0.2, 0.25) is 0 Å². The molecule has 2 N–H and O–H groups in total. The number of rotatable bonds is 2. The van der Waals surface area contributed by atoms with Gasteiger partial charge in [-0.15, -0.1) is 0 Å². The first-order valence-corrected chi connectivity index (χ1v) is 5.53. The van der Waals surface area contributed by atoms with Gasteiger partial charge in [0.15, 0.2) is 0 Å². The van der Waals surface area contributed by atoms with Crippen LogP contribution >= 0.6 is 11.6 Å². The summed E-state index contributed by atoms with van der Waals surface area (Å²) in [4.78, 5) is 0. The fourth-order valence-electron chi connectivity index (χ4n) is 0.993. The van der Waals surface area contributed by atoms with E-state index in [0.717, 1.165) is 5.56 Å². The highest BCUT2D eigenvalue weighted by atomic mass is 35.5. The minimum atomic E-state index is -0.847. The Hall–Kier alpha value is -0.540. The quantitative estimate of drug-likeness (QED) is 0.745. The zero-order valence-electron chi connectivity index (χ0n) is 6.71. The fourth-order valence-corrected chi connectivity index (χ4v) is 1.90. The molecule has 0 spiro atoms. The summed E-state index contributed by atoms with van der Waals surface area (Å²) >= 11 is 5.75. The van der Waals surface area contributed by atoms with E-state index in [9.17, 15) is 4.21 Å². The Kier molecular flexibility index (Phi) is 3.12. The summed E-state index contributed by atoms with van der Waals surface area (Å²) in [6, 6.07) is 5.23. The molecule has 12 heavy (non-hydrogen) atoms. The summed E-state index contributed by atoms with van der Waals surface area (Å²) in [6.45, 7) is 0. The van der Waals surface area contributed by atoms with Crippen molar-refractivity contribution in [1.82, 2.24) is 0 Å². The van der Waals surface area contributed by atoms with Gasteiger partial charge in [0, 0.05) is 33.5 Å². The summed E-state index contributed by atoms with van der Waals surface area (Å²) in [5.41, 5.74) is 7.08. The first kappa shape index (κ1) is 9.55. The maximum absolute atomic E-state index is 10.9. The molecule has 0 aliphatic carbocycles. The molecular formula is C8H10ClNOS. The van der Waals surface area contributed by atoms with Crippen LogP contribution in [0.3, 0.4) is 0 Å². The van der Waals surface area contributed by atoms with Gasteiger partial charge in [-0.1, -0.05) is 11.6 Å². The summed E-state index contributed by atoms with van der Waals surface area (Å²) in [5, 5.41) is 0.593. The van der Waals surface area contributed by atoms with E-state index in [0.29, 0.717) is 16.5 Å². The maximum Gasteiger partial charge on any atom is 0.0484 e. The lowest BCUT2D eigenvalue weighted by atomic mass is 10.2. The molecule has 0 fully saturated rings. The van der Waals surface area contributed by atoms with Crippen LogP contribution in [0.1, 0.15) is 5.56 Å². The summed E-state index contributed by atoms with van der Waals surface area (Å²) in [6.07, 6.45) is 1.65. The largest absolute Gasteiger partial charge is 0.399 e. The van der Waals surface area contributed by atoms with Crippen molar-refractivity contribution in [2.45, 2.75) is 5.75 Å². The zero-order valence-corrected chi connectivity index (χ0v) is 8.28. The smallest absolute Gasteiger partial charge is 0.0484 e. The number of nitrogens with two attached hydrogens (primary N) is 1. The summed E-state index contributed by atoms with van der Waals surface area (Å²) in [7, 11) is -0.847. The maximum atomic E-state index is 10.9. The van der Waals surface area contributed by atoms with Gasteiger partial charge in [0.25, 0.3) is 0 Å². The molecular weight excluding hydrogens is 194 g/mol.